The molecular formula is C19H28N2O2S. The van der Waals surface area contributed by atoms with E-state index in [0.29, 0.717) is 18.3 Å². The third-order valence-electron chi connectivity index (χ3n) is 4.42. The van der Waals surface area contributed by atoms with Crippen molar-refractivity contribution >= 4 is 23.6 Å². The first-order valence-electron chi connectivity index (χ1n) is 8.69. The summed E-state index contributed by atoms with van der Waals surface area (Å²) in [6, 6.07) is 8.42. The lowest BCUT2D eigenvalue weighted by atomic mass is 9.95. The molecule has 132 valence electrons. The summed E-state index contributed by atoms with van der Waals surface area (Å²) in [5.41, 5.74) is 1.12. The second kappa shape index (κ2) is 8.56. The van der Waals surface area contributed by atoms with Crippen LogP contribution < -0.4 is 5.32 Å². The second-order valence-corrected chi connectivity index (χ2v) is 8.40. The van der Waals surface area contributed by atoms with Crippen LogP contribution >= 0.6 is 11.8 Å². The topological polar surface area (TPSA) is 49.4 Å². The highest BCUT2D eigenvalue weighted by Crippen LogP contribution is 2.25. The molecule has 1 fully saturated rings. The van der Waals surface area contributed by atoms with E-state index in [-0.39, 0.29) is 23.8 Å². The van der Waals surface area contributed by atoms with E-state index >= 15 is 0 Å². The number of piperidine rings is 1. The molecule has 2 rings (SSSR count). The summed E-state index contributed by atoms with van der Waals surface area (Å²) in [6.45, 7) is 9.33. The number of nitrogens with one attached hydrogen (secondary N) is 1. The zero-order chi connectivity index (χ0) is 17.7. The lowest BCUT2D eigenvalue weighted by molar-refractivity contribution is -0.134. The third kappa shape index (κ3) is 5.26. The Morgan fingerprint density at radius 1 is 1.12 bits per heavy atom. The Kier molecular flexibility index (Phi) is 6.72. The van der Waals surface area contributed by atoms with E-state index in [4.69, 9.17) is 0 Å². The Hall–Kier alpha value is -1.49. The Morgan fingerprint density at radius 3 is 2.21 bits per heavy atom. The molecule has 2 amide bonds. The molecule has 0 aromatic heterocycles. The predicted molar refractivity (Wildman–Crippen MR) is 99.0 cm³/mol. The number of carbonyl (C=O) groups is 2. The molecule has 1 atom stereocenters. The van der Waals surface area contributed by atoms with Crippen LogP contribution in [-0.2, 0) is 9.59 Å². The van der Waals surface area contributed by atoms with Crippen molar-refractivity contribution in [3.63, 3.8) is 0 Å². The van der Waals surface area contributed by atoms with Crippen LogP contribution in [0.5, 0.6) is 0 Å². The Labute approximate surface area is 149 Å². The first-order valence-corrected chi connectivity index (χ1v) is 9.57. The van der Waals surface area contributed by atoms with Gasteiger partial charge in [-0.15, -0.1) is 11.8 Å². The van der Waals surface area contributed by atoms with E-state index in [9.17, 15) is 9.59 Å². The number of hydrogen-bond acceptors (Lipinski definition) is 3. The third-order valence-corrected chi connectivity index (χ3v) is 5.44. The lowest BCUT2D eigenvalue weighted by Gasteiger charge is -2.31. The van der Waals surface area contributed by atoms with Gasteiger partial charge in [0.25, 0.3) is 0 Å². The first kappa shape index (κ1) is 18.8. The van der Waals surface area contributed by atoms with Crippen molar-refractivity contribution in [3.8, 4) is 0 Å². The molecule has 1 aliphatic heterocycles. The molecule has 24 heavy (non-hydrogen) atoms. The monoisotopic (exact) mass is 348 g/mol. The quantitative estimate of drug-likeness (QED) is 0.827. The van der Waals surface area contributed by atoms with Crippen LogP contribution in [0.2, 0.25) is 0 Å². The molecule has 1 aromatic rings. The van der Waals surface area contributed by atoms with Gasteiger partial charge in [-0.1, -0.05) is 26.0 Å². The smallest absolute Gasteiger partial charge is 0.223 e. The summed E-state index contributed by atoms with van der Waals surface area (Å²) in [7, 11) is 0. The predicted octanol–water partition coefficient (Wildman–Crippen LogP) is 3.62. The van der Waals surface area contributed by atoms with E-state index in [1.165, 1.54) is 4.90 Å². The summed E-state index contributed by atoms with van der Waals surface area (Å²) in [4.78, 5) is 26.9. The van der Waals surface area contributed by atoms with Crippen LogP contribution in [0.3, 0.4) is 0 Å². The van der Waals surface area contributed by atoms with Gasteiger partial charge in [0.05, 0.1) is 6.04 Å². The fourth-order valence-corrected chi connectivity index (χ4v) is 3.82. The maximum Gasteiger partial charge on any atom is 0.223 e. The van der Waals surface area contributed by atoms with Crippen molar-refractivity contribution in [1.82, 2.24) is 10.2 Å². The number of rotatable bonds is 5. The van der Waals surface area contributed by atoms with Crippen molar-refractivity contribution in [2.24, 2.45) is 5.92 Å². The molecule has 0 saturated carbocycles. The normalized spacial score (nSPS) is 17.0. The highest BCUT2D eigenvalue weighted by Gasteiger charge is 2.26. The van der Waals surface area contributed by atoms with E-state index in [2.05, 4.69) is 43.4 Å². The number of thioether (sulfide) groups is 1. The Balaban J connectivity index is 1.86. The molecule has 1 N–H and O–H groups in total. The molecule has 1 saturated heterocycles. The molecule has 5 heteroatoms. The molecule has 1 aromatic carbocycles. The standard InChI is InChI=1S/C19H28N2O2S/c1-13(2)24-18-7-5-16(6-8-18)14(3)20-19(23)17-9-11-21(12-10-17)15(4)22/h5-8,13-14,17H,9-12H2,1-4H3,(H,20,23)/t14-/m0/s1. The van der Waals surface area contributed by atoms with Gasteiger partial charge in [-0.2, -0.15) is 0 Å². The molecule has 4 nitrogen and oxygen atoms in total. The van der Waals surface area contributed by atoms with Gasteiger partial charge in [0, 0.05) is 36.1 Å². The minimum Gasteiger partial charge on any atom is -0.349 e. The van der Waals surface area contributed by atoms with Crippen molar-refractivity contribution in [2.75, 3.05) is 13.1 Å². The highest BCUT2D eigenvalue weighted by molar-refractivity contribution is 7.99. The van der Waals surface area contributed by atoms with E-state index < -0.39 is 0 Å². The maximum atomic E-state index is 12.5. The summed E-state index contributed by atoms with van der Waals surface area (Å²) < 4.78 is 0. The van der Waals surface area contributed by atoms with Gasteiger partial charge in [-0.3, -0.25) is 9.59 Å². The van der Waals surface area contributed by atoms with Crippen LogP contribution in [0.4, 0.5) is 0 Å². The largest absolute Gasteiger partial charge is 0.349 e. The Morgan fingerprint density at radius 2 is 1.71 bits per heavy atom. The van der Waals surface area contributed by atoms with Crippen molar-refractivity contribution in [2.45, 2.75) is 56.7 Å². The average molecular weight is 349 g/mol. The molecule has 0 bridgehead atoms. The minimum atomic E-state index is 0.00133. The number of carbonyl (C=O) groups excluding carboxylic acids is 2. The zero-order valence-electron chi connectivity index (χ0n) is 15.0. The molecule has 1 aliphatic rings. The van der Waals surface area contributed by atoms with Crippen LogP contribution in [0.1, 0.15) is 52.1 Å². The molecule has 0 radical (unpaired) electrons. The lowest BCUT2D eigenvalue weighted by Crippen LogP contribution is -2.42. The number of amides is 2. The Bertz CT molecular complexity index is 563. The first-order chi connectivity index (χ1) is 11.4. The summed E-state index contributed by atoms with van der Waals surface area (Å²) in [5, 5.41) is 3.68. The fraction of sp³-hybridized carbons (Fsp3) is 0.579. The summed E-state index contributed by atoms with van der Waals surface area (Å²) in [5.74, 6) is 0.215. The number of nitrogens with zero attached hydrogens (tertiary/aromatic N) is 1. The molecule has 0 unspecified atom stereocenters. The second-order valence-electron chi connectivity index (χ2n) is 6.75. The molecule has 0 spiro atoms. The number of benzene rings is 1. The van der Waals surface area contributed by atoms with Gasteiger partial charge >= 0.3 is 0 Å². The average Bonchev–Trinajstić information content (AvgIpc) is 2.55. The summed E-state index contributed by atoms with van der Waals surface area (Å²) >= 11 is 1.84. The maximum absolute atomic E-state index is 12.5. The fourth-order valence-electron chi connectivity index (χ4n) is 2.98. The van der Waals surface area contributed by atoms with Crippen molar-refractivity contribution in [1.29, 1.82) is 0 Å². The minimum absolute atomic E-state index is 0.00133. The van der Waals surface area contributed by atoms with E-state index in [0.717, 1.165) is 18.4 Å². The van der Waals surface area contributed by atoms with Crippen molar-refractivity contribution in [3.05, 3.63) is 29.8 Å². The van der Waals surface area contributed by atoms with Gasteiger partial charge < -0.3 is 10.2 Å². The van der Waals surface area contributed by atoms with Crippen LogP contribution in [0.15, 0.2) is 29.2 Å². The van der Waals surface area contributed by atoms with E-state index in [1.54, 1.807) is 6.92 Å². The summed E-state index contributed by atoms with van der Waals surface area (Å²) in [6.07, 6.45) is 1.50. The van der Waals surface area contributed by atoms with Gasteiger partial charge in [0.15, 0.2) is 0 Å². The van der Waals surface area contributed by atoms with Crippen LogP contribution in [0, 0.1) is 5.92 Å². The van der Waals surface area contributed by atoms with Gasteiger partial charge in [-0.25, -0.2) is 0 Å². The highest BCUT2D eigenvalue weighted by atomic mass is 32.2. The van der Waals surface area contributed by atoms with Gasteiger partial charge in [0.2, 0.25) is 11.8 Å². The van der Waals surface area contributed by atoms with Crippen molar-refractivity contribution < 1.29 is 9.59 Å². The molecule has 0 aliphatic carbocycles. The van der Waals surface area contributed by atoms with Gasteiger partial charge in [0.1, 0.15) is 0 Å². The molecular weight excluding hydrogens is 320 g/mol. The zero-order valence-corrected chi connectivity index (χ0v) is 15.9. The van der Waals surface area contributed by atoms with Gasteiger partial charge in [-0.05, 0) is 37.5 Å². The van der Waals surface area contributed by atoms with Crippen LogP contribution in [0.25, 0.3) is 0 Å². The van der Waals surface area contributed by atoms with Crippen LogP contribution in [-0.4, -0.2) is 35.1 Å². The SMILES string of the molecule is CC(=O)N1CCC(C(=O)N[C@@H](C)c2ccc(SC(C)C)cc2)CC1. The number of hydrogen-bond donors (Lipinski definition) is 1. The van der Waals surface area contributed by atoms with E-state index in [1.807, 2.05) is 23.6 Å². The number of likely N-dealkylation sites (tertiary alicyclic amines) is 1. The molecule has 1 heterocycles.